The van der Waals surface area contributed by atoms with E-state index in [4.69, 9.17) is 0 Å². The van der Waals surface area contributed by atoms with E-state index in [1.54, 1.807) is 24.3 Å². The highest BCUT2D eigenvalue weighted by atomic mass is 79.9. The average Bonchev–Trinajstić information content (AvgIpc) is 2.88. The third kappa shape index (κ3) is 4.25. The summed E-state index contributed by atoms with van der Waals surface area (Å²) in [4.78, 5) is 48.7. The SMILES string of the molecule is O=C1c2cc([N+](=O)[O-])cc3cc([N+](=O)[O-])cc(c23)C(=O)N1c1ccc(S(=O)(=O)Nc2ccc(Br)cc2)cc1. The highest BCUT2D eigenvalue weighted by Gasteiger charge is 2.37. The average molecular weight is 597 g/mol. The van der Waals surface area contributed by atoms with Gasteiger partial charge in [-0.3, -0.25) is 34.5 Å². The quantitative estimate of drug-likeness (QED) is 0.183. The molecule has 0 atom stereocenters. The molecular formula is C24H13BrN4O8S. The van der Waals surface area contributed by atoms with Crippen LogP contribution in [0.2, 0.25) is 0 Å². The number of non-ortho nitro benzene ring substituents is 2. The van der Waals surface area contributed by atoms with Crippen molar-refractivity contribution in [3.05, 3.63) is 109 Å². The van der Waals surface area contributed by atoms with E-state index in [1.807, 2.05) is 0 Å². The number of rotatable bonds is 6. The molecule has 12 nitrogen and oxygen atoms in total. The van der Waals surface area contributed by atoms with Crippen molar-refractivity contribution in [2.24, 2.45) is 0 Å². The fraction of sp³-hybridized carbons (Fsp3) is 0. The number of anilines is 2. The van der Waals surface area contributed by atoms with E-state index >= 15 is 0 Å². The third-order valence-corrected chi connectivity index (χ3v) is 7.73. The number of sulfonamides is 1. The second-order valence-electron chi connectivity index (χ2n) is 8.15. The molecule has 1 heterocycles. The topological polar surface area (TPSA) is 170 Å². The van der Waals surface area contributed by atoms with Crippen molar-refractivity contribution in [1.82, 2.24) is 0 Å². The van der Waals surface area contributed by atoms with E-state index < -0.39 is 43.1 Å². The maximum atomic E-state index is 13.4. The fourth-order valence-electron chi connectivity index (χ4n) is 4.11. The number of imide groups is 1. The number of amides is 2. The van der Waals surface area contributed by atoms with Crippen LogP contribution < -0.4 is 9.62 Å². The standard InChI is InChI=1S/C24H13BrN4O8S/c25-14-1-3-15(4-2-14)26-38(36,37)19-7-5-16(6-8-19)27-23(30)20-11-17(28(32)33)9-13-10-18(29(34)35)12-21(22(13)20)24(27)31/h1-12,26H. The van der Waals surface area contributed by atoms with Crippen LogP contribution in [0.15, 0.2) is 82.2 Å². The molecule has 5 rings (SSSR count). The number of carbonyl (C=O) groups excluding carboxylic acids is 2. The number of nitro groups is 2. The van der Waals surface area contributed by atoms with Gasteiger partial charge in [0.25, 0.3) is 33.2 Å². The summed E-state index contributed by atoms with van der Waals surface area (Å²) in [7, 11) is -4.02. The number of hydrogen-bond donors (Lipinski definition) is 1. The van der Waals surface area contributed by atoms with Gasteiger partial charge < -0.3 is 0 Å². The van der Waals surface area contributed by atoms with Crippen LogP contribution in [0.4, 0.5) is 22.7 Å². The second kappa shape index (κ2) is 9.00. The number of nitro benzene ring substituents is 2. The molecule has 0 spiro atoms. The molecular weight excluding hydrogens is 584 g/mol. The van der Waals surface area contributed by atoms with Gasteiger partial charge in [0.2, 0.25) is 0 Å². The lowest BCUT2D eigenvalue weighted by Gasteiger charge is -2.27. The number of benzene rings is 4. The first-order chi connectivity index (χ1) is 18.0. The first kappa shape index (κ1) is 25.0. The minimum Gasteiger partial charge on any atom is -0.280 e. The van der Waals surface area contributed by atoms with Crippen molar-refractivity contribution < 1.29 is 27.9 Å². The number of carbonyl (C=O) groups is 2. The zero-order valence-electron chi connectivity index (χ0n) is 18.8. The summed E-state index contributed by atoms with van der Waals surface area (Å²) in [5.74, 6) is -1.79. The predicted molar refractivity (Wildman–Crippen MR) is 140 cm³/mol. The molecule has 4 aromatic rings. The van der Waals surface area contributed by atoms with E-state index in [0.717, 1.165) is 28.7 Å². The molecule has 0 fully saturated rings. The molecule has 1 aliphatic rings. The molecule has 190 valence electrons. The van der Waals surface area contributed by atoms with Crippen LogP contribution in [0.1, 0.15) is 20.7 Å². The maximum Gasteiger partial charge on any atom is 0.270 e. The molecule has 0 saturated carbocycles. The van der Waals surface area contributed by atoms with E-state index in [0.29, 0.717) is 10.6 Å². The molecule has 2 amide bonds. The van der Waals surface area contributed by atoms with Crippen molar-refractivity contribution in [3.63, 3.8) is 0 Å². The van der Waals surface area contributed by atoms with Crippen LogP contribution in [0.25, 0.3) is 10.8 Å². The van der Waals surface area contributed by atoms with Crippen LogP contribution >= 0.6 is 15.9 Å². The Morgan fingerprint density at radius 2 is 1.26 bits per heavy atom. The molecule has 0 aliphatic carbocycles. The summed E-state index contributed by atoms with van der Waals surface area (Å²) in [6, 6.07) is 15.4. The number of halogens is 1. The lowest BCUT2D eigenvalue weighted by molar-refractivity contribution is -0.385. The lowest BCUT2D eigenvalue weighted by atomic mass is 9.92. The molecule has 0 saturated heterocycles. The summed E-state index contributed by atoms with van der Waals surface area (Å²) in [5, 5.41) is 23.0. The Balaban J connectivity index is 1.57. The molecule has 0 radical (unpaired) electrons. The molecule has 1 N–H and O–H groups in total. The van der Waals surface area contributed by atoms with Crippen LogP contribution in [-0.4, -0.2) is 30.1 Å². The van der Waals surface area contributed by atoms with Gasteiger partial charge in [-0.1, -0.05) is 15.9 Å². The zero-order chi connectivity index (χ0) is 27.4. The first-order valence-electron chi connectivity index (χ1n) is 10.6. The number of hydrogen-bond acceptors (Lipinski definition) is 8. The summed E-state index contributed by atoms with van der Waals surface area (Å²) in [6.45, 7) is 0. The summed E-state index contributed by atoms with van der Waals surface area (Å²) < 4.78 is 28.8. The van der Waals surface area contributed by atoms with Gasteiger partial charge in [0, 0.05) is 39.8 Å². The van der Waals surface area contributed by atoms with Gasteiger partial charge in [0.05, 0.1) is 31.6 Å². The van der Waals surface area contributed by atoms with Crippen LogP contribution in [-0.2, 0) is 10.0 Å². The lowest BCUT2D eigenvalue weighted by Crippen LogP contribution is -2.40. The van der Waals surface area contributed by atoms with Crippen LogP contribution in [0.3, 0.4) is 0 Å². The highest BCUT2D eigenvalue weighted by Crippen LogP contribution is 2.38. The third-order valence-electron chi connectivity index (χ3n) is 5.81. The van der Waals surface area contributed by atoms with Crippen molar-refractivity contribution in [3.8, 4) is 0 Å². The zero-order valence-corrected chi connectivity index (χ0v) is 21.2. The Labute approximate surface area is 222 Å². The molecule has 0 unspecified atom stereocenters. The largest absolute Gasteiger partial charge is 0.280 e. The maximum absolute atomic E-state index is 13.4. The smallest absolute Gasteiger partial charge is 0.270 e. The number of nitrogens with one attached hydrogen (secondary N) is 1. The Kier molecular flexibility index (Phi) is 5.92. The van der Waals surface area contributed by atoms with Gasteiger partial charge in [-0.2, -0.15) is 0 Å². The predicted octanol–water partition coefficient (Wildman–Crippen LogP) is 5.02. The molecule has 38 heavy (non-hydrogen) atoms. The summed E-state index contributed by atoms with van der Waals surface area (Å²) in [6.07, 6.45) is 0. The fourth-order valence-corrected chi connectivity index (χ4v) is 5.43. The summed E-state index contributed by atoms with van der Waals surface area (Å²) in [5.41, 5.74) is -1.06. The van der Waals surface area contributed by atoms with Crippen molar-refractivity contribution in [2.75, 3.05) is 9.62 Å². The van der Waals surface area contributed by atoms with E-state index in [1.165, 1.54) is 24.3 Å². The highest BCUT2D eigenvalue weighted by molar-refractivity contribution is 9.10. The molecule has 0 bridgehead atoms. The van der Waals surface area contributed by atoms with Gasteiger partial charge in [-0.25, -0.2) is 13.3 Å². The second-order valence-corrected chi connectivity index (χ2v) is 10.7. The Hall–Kier alpha value is -4.69. The van der Waals surface area contributed by atoms with Crippen LogP contribution in [0, 0.1) is 20.2 Å². The molecule has 4 aromatic carbocycles. The van der Waals surface area contributed by atoms with Gasteiger partial charge >= 0.3 is 0 Å². The van der Waals surface area contributed by atoms with Crippen molar-refractivity contribution >= 4 is 71.3 Å². The van der Waals surface area contributed by atoms with Gasteiger partial charge in [-0.15, -0.1) is 0 Å². The first-order valence-corrected chi connectivity index (χ1v) is 12.9. The van der Waals surface area contributed by atoms with Gasteiger partial charge in [0.1, 0.15) is 0 Å². The molecule has 14 heteroatoms. The van der Waals surface area contributed by atoms with Crippen molar-refractivity contribution in [1.29, 1.82) is 0 Å². The Morgan fingerprint density at radius 1 is 0.763 bits per heavy atom. The molecule has 1 aliphatic heterocycles. The number of nitrogens with zero attached hydrogens (tertiary/aromatic N) is 3. The monoisotopic (exact) mass is 596 g/mol. The van der Waals surface area contributed by atoms with Gasteiger partial charge in [-0.05, 0) is 53.9 Å². The van der Waals surface area contributed by atoms with E-state index in [9.17, 15) is 38.2 Å². The Bertz CT molecular complexity index is 1740. The van der Waals surface area contributed by atoms with Crippen molar-refractivity contribution in [2.45, 2.75) is 4.90 Å². The minimum absolute atomic E-state index is 0.000192. The Morgan fingerprint density at radius 3 is 1.74 bits per heavy atom. The van der Waals surface area contributed by atoms with E-state index in [-0.39, 0.29) is 32.5 Å². The van der Waals surface area contributed by atoms with E-state index in [2.05, 4.69) is 20.7 Å². The van der Waals surface area contributed by atoms with Crippen LogP contribution in [0.5, 0.6) is 0 Å². The normalized spacial score (nSPS) is 13.0. The molecule has 0 aromatic heterocycles. The van der Waals surface area contributed by atoms with Gasteiger partial charge in [0.15, 0.2) is 0 Å². The minimum atomic E-state index is -4.02. The summed E-state index contributed by atoms with van der Waals surface area (Å²) >= 11 is 3.26.